The fourth-order valence-corrected chi connectivity index (χ4v) is 1.82. The molecule has 0 aliphatic rings. The summed E-state index contributed by atoms with van der Waals surface area (Å²) in [6.07, 6.45) is 0. The van der Waals surface area contributed by atoms with Crippen LogP contribution in [0.1, 0.15) is 18.5 Å². The number of hydrogen-bond donors (Lipinski definition) is 1. The van der Waals surface area contributed by atoms with Crippen LogP contribution in [0.15, 0.2) is 48.5 Å². The molecule has 19 heavy (non-hydrogen) atoms. The predicted octanol–water partition coefficient (Wildman–Crippen LogP) is 3.91. The minimum absolute atomic E-state index is 0.0467. The fraction of sp³-hybridized carbons (Fsp3) is 0.143. The van der Waals surface area contributed by atoms with Crippen LogP contribution in [0.3, 0.4) is 0 Å². The van der Waals surface area contributed by atoms with Gasteiger partial charge in [-0.15, -0.1) is 0 Å². The van der Waals surface area contributed by atoms with Crippen molar-refractivity contribution in [2.75, 3.05) is 5.32 Å². The Morgan fingerprint density at radius 2 is 1.95 bits per heavy atom. The quantitative estimate of drug-likeness (QED) is 0.669. The van der Waals surface area contributed by atoms with E-state index in [-0.39, 0.29) is 17.5 Å². The van der Waals surface area contributed by atoms with Crippen LogP contribution >= 0.6 is 0 Å². The molecule has 98 valence electrons. The second-order valence-electron chi connectivity index (χ2n) is 4.23. The minimum Gasteiger partial charge on any atom is -0.378 e. The van der Waals surface area contributed by atoms with Crippen molar-refractivity contribution in [3.8, 4) is 0 Å². The Bertz CT molecular complexity index is 602. The molecule has 0 saturated heterocycles. The van der Waals surface area contributed by atoms with E-state index in [4.69, 9.17) is 0 Å². The summed E-state index contributed by atoms with van der Waals surface area (Å²) in [7, 11) is 0. The van der Waals surface area contributed by atoms with Gasteiger partial charge in [-0.3, -0.25) is 10.1 Å². The van der Waals surface area contributed by atoms with Crippen LogP contribution in [0.25, 0.3) is 0 Å². The third-order valence-electron chi connectivity index (χ3n) is 2.79. The summed E-state index contributed by atoms with van der Waals surface area (Å²) >= 11 is 0. The molecule has 0 heterocycles. The molecule has 0 spiro atoms. The summed E-state index contributed by atoms with van der Waals surface area (Å²) in [4.78, 5) is 10.3. The maximum atomic E-state index is 13.1. The molecule has 0 aromatic heterocycles. The van der Waals surface area contributed by atoms with Crippen molar-refractivity contribution in [3.63, 3.8) is 0 Å². The Morgan fingerprint density at radius 1 is 1.21 bits per heavy atom. The smallest absolute Gasteiger partial charge is 0.269 e. The molecule has 0 fully saturated rings. The van der Waals surface area contributed by atoms with E-state index in [0.717, 1.165) is 5.56 Å². The van der Waals surface area contributed by atoms with Gasteiger partial charge in [0, 0.05) is 23.9 Å². The Hall–Kier alpha value is -2.43. The Morgan fingerprint density at radius 3 is 2.63 bits per heavy atom. The van der Waals surface area contributed by atoms with Crippen LogP contribution in [-0.4, -0.2) is 4.92 Å². The molecular formula is C14H13FN2O2. The predicted molar refractivity (Wildman–Crippen MR) is 71.5 cm³/mol. The summed E-state index contributed by atoms with van der Waals surface area (Å²) in [5, 5.41) is 13.8. The summed E-state index contributed by atoms with van der Waals surface area (Å²) < 4.78 is 13.1. The van der Waals surface area contributed by atoms with E-state index in [1.165, 1.54) is 24.3 Å². The first-order valence-electron chi connectivity index (χ1n) is 5.83. The van der Waals surface area contributed by atoms with Gasteiger partial charge >= 0.3 is 0 Å². The van der Waals surface area contributed by atoms with Gasteiger partial charge in [-0.05, 0) is 30.7 Å². The first-order valence-corrected chi connectivity index (χ1v) is 5.83. The van der Waals surface area contributed by atoms with Crippen LogP contribution in [0.5, 0.6) is 0 Å². The first-order chi connectivity index (χ1) is 9.06. The zero-order valence-corrected chi connectivity index (χ0v) is 10.3. The largest absolute Gasteiger partial charge is 0.378 e. The zero-order valence-electron chi connectivity index (χ0n) is 10.3. The molecule has 1 N–H and O–H groups in total. The van der Waals surface area contributed by atoms with Gasteiger partial charge in [0.25, 0.3) is 5.69 Å². The Kier molecular flexibility index (Phi) is 3.75. The highest BCUT2D eigenvalue weighted by Gasteiger charge is 2.10. The second kappa shape index (κ2) is 5.48. The van der Waals surface area contributed by atoms with Gasteiger partial charge in [0.15, 0.2) is 0 Å². The van der Waals surface area contributed by atoms with Gasteiger partial charge in [0.1, 0.15) is 5.82 Å². The SMILES string of the molecule is CC(Nc1cccc(F)c1)c1cccc([N+](=O)[O-])c1. The third kappa shape index (κ3) is 3.28. The molecule has 1 atom stereocenters. The molecule has 4 nitrogen and oxygen atoms in total. The number of benzene rings is 2. The van der Waals surface area contributed by atoms with E-state index in [2.05, 4.69) is 5.32 Å². The zero-order chi connectivity index (χ0) is 13.8. The van der Waals surface area contributed by atoms with E-state index in [9.17, 15) is 14.5 Å². The van der Waals surface area contributed by atoms with Gasteiger partial charge in [0.2, 0.25) is 0 Å². The molecule has 2 rings (SSSR count). The monoisotopic (exact) mass is 260 g/mol. The highest BCUT2D eigenvalue weighted by molar-refractivity contribution is 5.46. The van der Waals surface area contributed by atoms with Crippen molar-refractivity contribution < 1.29 is 9.31 Å². The number of halogens is 1. The fourth-order valence-electron chi connectivity index (χ4n) is 1.82. The molecule has 0 aliphatic heterocycles. The van der Waals surface area contributed by atoms with E-state index >= 15 is 0 Å². The number of rotatable bonds is 4. The van der Waals surface area contributed by atoms with Gasteiger partial charge < -0.3 is 5.32 Å². The topological polar surface area (TPSA) is 55.2 Å². The van der Waals surface area contributed by atoms with Crippen LogP contribution < -0.4 is 5.32 Å². The van der Waals surface area contributed by atoms with Crippen molar-refractivity contribution >= 4 is 11.4 Å². The normalized spacial score (nSPS) is 11.9. The molecule has 0 amide bonds. The third-order valence-corrected chi connectivity index (χ3v) is 2.79. The van der Waals surface area contributed by atoms with Crippen molar-refractivity contribution in [3.05, 3.63) is 70.0 Å². The number of nitro benzene ring substituents is 1. The molecule has 0 saturated carbocycles. The Labute approximate surface area is 110 Å². The van der Waals surface area contributed by atoms with Gasteiger partial charge in [0.05, 0.1) is 4.92 Å². The van der Waals surface area contributed by atoms with Gasteiger partial charge in [-0.1, -0.05) is 18.2 Å². The van der Waals surface area contributed by atoms with Crippen molar-refractivity contribution in [1.82, 2.24) is 0 Å². The average molecular weight is 260 g/mol. The number of non-ortho nitro benzene ring substituents is 1. The Balaban J connectivity index is 2.18. The van der Waals surface area contributed by atoms with Crippen molar-refractivity contribution in [2.24, 2.45) is 0 Å². The lowest BCUT2D eigenvalue weighted by Crippen LogP contribution is -2.07. The van der Waals surface area contributed by atoms with E-state index in [0.29, 0.717) is 5.69 Å². The average Bonchev–Trinajstić information content (AvgIpc) is 2.39. The molecule has 0 aliphatic carbocycles. The summed E-state index contributed by atoms with van der Waals surface area (Å²) in [6.45, 7) is 1.87. The number of nitrogens with zero attached hydrogens (tertiary/aromatic N) is 1. The maximum absolute atomic E-state index is 13.1. The number of nitrogens with one attached hydrogen (secondary N) is 1. The van der Waals surface area contributed by atoms with Gasteiger partial charge in [-0.2, -0.15) is 0 Å². The van der Waals surface area contributed by atoms with E-state index in [1.807, 2.05) is 6.92 Å². The van der Waals surface area contributed by atoms with Crippen LogP contribution in [0.4, 0.5) is 15.8 Å². The first kappa shape index (κ1) is 13.0. The molecule has 0 bridgehead atoms. The number of hydrogen-bond acceptors (Lipinski definition) is 3. The lowest BCUT2D eigenvalue weighted by Gasteiger charge is -2.15. The second-order valence-corrected chi connectivity index (χ2v) is 4.23. The molecule has 2 aromatic rings. The van der Waals surface area contributed by atoms with E-state index < -0.39 is 4.92 Å². The van der Waals surface area contributed by atoms with Gasteiger partial charge in [-0.25, -0.2) is 4.39 Å². The minimum atomic E-state index is -0.432. The standard InChI is InChI=1S/C14H13FN2O2/c1-10(16-13-6-3-5-12(15)9-13)11-4-2-7-14(8-11)17(18)19/h2-10,16H,1H3. The highest BCUT2D eigenvalue weighted by atomic mass is 19.1. The van der Waals surface area contributed by atoms with Crippen LogP contribution in [0, 0.1) is 15.9 Å². The summed E-state index contributed by atoms with van der Waals surface area (Å²) in [6, 6.07) is 12.3. The lowest BCUT2D eigenvalue weighted by molar-refractivity contribution is -0.384. The molecule has 1 unspecified atom stereocenters. The molecule has 5 heteroatoms. The molecule has 0 radical (unpaired) electrons. The highest BCUT2D eigenvalue weighted by Crippen LogP contribution is 2.23. The van der Waals surface area contributed by atoms with Crippen LogP contribution in [0.2, 0.25) is 0 Å². The molecule has 2 aromatic carbocycles. The van der Waals surface area contributed by atoms with Crippen molar-refractivity contribution in [1.29, 1.82) is 0 Å². The van der Waals surface area contributed by atoms with E-state index in [1.54, 1.807) is 24.3 Å². The molecular weight excluding hydrogens is 247 g/mol. The van der Waals surface area contributed by atoms with Crippen molar-refractivity contribution in [2.45, 2.75) is 13.0 Å². The summed E-state index contributed by atoms with van der Waals surface area (Å²) in [5.41, 5.74) is 1.46. The lowest BCUT2D eigenvalue weighted by atomic mass is 10.1. The van der Waals surface area contributed by atoms with Crippen LogP contribution in [-0.2, 0) is 0 Å². The summed E-state index contributed by atoms with van der Waals surface area (Å²) in [5.74, 6) is -0.323. The number of nitro groups is 1. The number of anilines is 1. The maximum Gasteiger partial charge on any atom is 0.269 e.